The monoisotopic (exact) mass is 806 g/mol. The Labute approximate surface area is 328 Å². The fourth-order valence-corrected chi connectivity index (χ4v) is 11.0. The summed E-state index contributed by atoms with van der Waals surface area (Å²) in [5, 5.41) is 16.4. The van der Waals surface area contributed by atoms with E-state index in [1.807, 2.05) is 47.4 Å². The smallest absolute Gasteiger partial charge is 0.298 e. The predicted octanol–water partition coefficient (Wildman–Crippen LogP) is 2.93. The average molecular weight is 807 g/mol. The Morgan fingerprint density at radius 3 is 2.18 bits per heavy atom. The van der Waals surface area contributed by atoms with Gasteiger partial charge in [0.15, 0.2) is 19.7 Å². The van der Waals surface area contributed by atoms with Crippen molar-refractivity contribution in [3.63, 3.8) is 0 Å². The van der Waals surface area contributed by atoms with E-state index in [4.69, 9.17) is 4.74 Å². The Morgan fingerprint density at radius 1 is 0.857 bits per heavy atom. The molecular formula is C39H50N8O7S2. The van der Waals surface area contributed by atoms with Crippen molar-refractivity contribution in [2.75, 3.05) is 85.6 Å². The summed E-state index contributed by atoms with van der Waals surface area (Å²) in [7, 11) is -5.98. The molecule has 0 saturated carbocycles. The van der Waals surface area contributed by atoms with Gasteiger partial charge in [0.05, 0.1) is 29.6 Å². The zero-order valence-corrected chi connectivity index (χ0v) is 33.8. The van der Waals surface area contributed by atoms with E-state index in [2.05, 4.69) is 63.5 Å². The molecule has 3 aliphatic heterocycles. The summed E-state index contributed by atoms with van der Waals surface area (Å²) in [6.45, 7) is 12.0. The van der Waals surface area contributed by atoms with Crippen LogP contribution in [0.4, 0.5) is 11.4 Å². The van der Waals surface area contributed by atoms with Crippen LogP contribution in [-0.4, -0.2) is 135 Å². The topological polar surface area (TPSA) is 177 Å². The first-order valence-electron chi connectivity index (χ1n) is 19.1. The van der Waals surface area contributed by atoms with Crippen molar-refractivity contribution < 1.29 is 31.2 Å². The van der Waals surface area contributed by atoms with Gasteiger partial charge < -0.3 is 19.9 Å². The summed E-state index contributed by atoms with van der Waals surface area (Å²) >= 11 is 0. The maximum atomic E-state index is 13.3. The molecule has 4 heterocycles. The minimum Gasteiger partial charge on any atom is -0.429 e. The third-order valence-electron chi connectivity index (χ3n) is 11.6. The molecule has 0 unspecified atom stereocenters. The number of anilines is 2. The van der Waals surface area contributed by atoms with E-state index in [1.165, 1.54) is 15.9 Å². The standard InChI is InChI=1S/C39H50N8O7S2/c1-38(2)34(29-4-6-33(7-5-29)54-28-48)8-11-39(3)27-46(13-9-35(38)39)32-25-30(37-41-43-47(42-37)15-14-45-18-22-56(52,53)23-19-45)24-31(26-32)40-36(49)10-12-44-16-20-55(50,51)21-17-44/h4-9,24-26,28H,10-23,27H2,1-3H3,(H,40,49)/t39-/m1/s1. The van der Waals surface area contributed by atoms with E-state index < -0.39 is 19.7 Å². The molecule has 0 radical (unpaired) electrons. The van der Waals surface area contributed by atoms with E-state index in [0.29, 0.717) is 81.7 Å². The first-order chi connectivity index (χ1) is 26.6. The number of tetrazole rings is 1. The summed E-state index contributed by atoms with van der Waals surface area (Å²) in [5.74, 6) is 1.26. The first kappa shape index (κ1) is 39.8. The molecule has 7 rings (SSSR count). The van der Waals surface area contributed by atoms with Crippen molar-refractivity contribution in [3.8, 4) is 17.1 Å². The number of allylic oxidation sites excluding steroid dienone is 2. The minimum absolute atomic E-state index is 0.109. The predicted molar refractivity (Wildman–Crippen MR) is 215 cm³/mol. The highest BCUT2D eigenvalue weighted by molar-refractivity contribution is 7.91. The van der Waals surface area contributed by atoms with E-state index in [1.54, 1.807) is 0 Å². The average Bonchev–Trinajstić information content (AvgIpc) is 3.63. The molecule has 1 aliphatic carbocycles. The number of nitrogens with zero attached hydrogens (tertiary/aromatic N) is 7. The Balaban J connectivity index is 1.11. The van der Waals surface area contributed by atoms with Crippen LogP contribution in [0, 0.1) is 10.8 Å². The van der Waals surface area contributed by atoms with Gasteiger partial charge in [-0.25, -0.2) is 16.8 Å². The van der Waals surface area contributed by atoms with Crippen LogP contribution in [-0.2, 0) is 35.8 Å². The van der Waals surface area contributed by atoms with Crippen LogP contribution in [0.5, 0.6) is 5.75 Å². The molecule has 1 aromatic heterocycles. The third kappa shape index (κ3) is 9.06. The van der Waals surface area contributed by atoms with Crippen molar-refractivity contribution >= 4 is 49.0 Å². The number of carbonyl (C=O) groups is 2. The fraction of sp³-hybridized carbons (Fsp3) is 0.513. The number of ether oxygens (including phenoxy) is 1. The number of benzene rings is 2. The van der Waals surface area contributed by atoms with Crippen LogP contribution in [0.3, 0.4) is 0 Å². The number of sulfone groups is 2. The molecule has 1 atom stereocenters. The van der Waals surface area contributed by atoms with Gasteiger partial charge in [-0.2, -0.15) is 4.80 Å². The zero-order chi connectivity index (χ0) is 39.7. The maximum absolute atomic E-state index is 13.3. The molecule has 1 N–H and O–H groups in total. The summed E-state index contributed by atoms with van der Waals surface area (Å²) in [6.07, 6.45) is 5.68. The van der Waals surface area contributed by atoms with Gasteiger partial charge in [-0.1, -0.05) is 50.6 Å². The molecule has 0 bridgehead atoms. The lowest BCUT2D eigenvalue weighted by atomic mass is 9.58. The second kappa shape index (κ2) is 15.8. The van der Waals surface area contributed by atoms with Crippen molar-refractivity contribution in [3.05, 3.63) is 65.8 Å². The largest absolute Gasteiger partial charge is 0.429 e. The van der Waals surface area contributed by atoms with Gasteiger partial charge in [-0.05, 0) is 53.1 Å². The minimum atomic E-state index is -3.01. The number of fused-ring (bicyclic) bond motifs is 1. The molecule has 2 saturated heterocycles. The van der Waals surface area contributed by atoms with Gasteiger partial charge in [0.2, 0.25) is 11.7 Å². The number of hydrogen-bond acceptors (Lipinski definition) is 13. The van der Waals surface area contributed by atoms with Crippen molar-refractivity contribution in [2.24, 2.45) is 10.8 Å². The quantitative estimate of drug-likeness (QED) is 0.209. The van der Waals surface area contributed by atoms with Crippen molar-refractivity contribution in [1.82, 2.24) is 30.0 Å². The van der Waals surface area contributed by atoms with E-state index in [-0.39, 0.29) is 46.2 Å². The molecular weight excluding hydrogens is 757 g/mol. The molecule has 2 aromatic carbocycles. The Morgan fingerprint density at radius 2 is 1.52 bits per heavy atom. The summed E-state index contributed by atoms with van der Waals surface area (Å²) < 4.78 is 52.5. The molecule has 2 fully saturated rings. The Bertz CT molecular complexity index is 2230. The van der Waals surface area contributed by atoms with Crippen LogP contribution in [0.1, 0.15) is 39.2 Å². The van der Waals surface area contributed by atoms with Gasteiger partial charge >= 0.3 is 0 Å². The molecule has 1 amide bonds. The van der Waals surface area contributed by atoms with Crippen LogP contribution in [0.25, 0.3) is 17.0 Å². The number of amides is 1. The lowest BCUT2D eigenvalue weighted by Gasteiger charge is -2.51. The normalized spacial score (nSPS) is 23.4. The second-order valence-corrected chi connectivity index (χ2v) is 20.6. The molecule has 3 aromatic rings. The molecule has 0 spiro atoms. The molecule has 17 heteroatoms. The second-order valence-electron chi connectivity index (χ2n) is 16.0. The van der Waals surface area contributed by atoms with Crippen LogP contribution in [0.2, 0.25) is 0 Å². The van der Waals surface area contributed by atoms with E-state index in [0.717, 1.165) is 24.2 Å². The highest BCUT2D eigenvalue weighted by atomic mass is 32.2. The van der Waals surface area contributed by atoms with Gasteiger partial charge in [-0.15, -0.1) is 10.2 Å². The van der Waals surface area contributed by atoms with Gasteiger partial charge in [0, 0.05) is 86.5 Å². The summed E-state index contributed by atoms with van der Waals surface area (Å²) in [4.78, 5) is 32.1. The summed E-state index contributed by atoms with van der Waals surface area (Å²) in [6, 6.07) is 13.5. The molecule has 56 heavy (non-hydrogen) atoms. The number of aromatic nitrogens is 4. The first-order valence-corrected chi connectivity index (χ1v) is 22.7. The third-order valence-corrected chi connectivity index (χ3v) is 14.8. The molecule has 4 aliphatic rings. The van der Waals surface area contributed by atoms with Gasteiger partial charge in [0.25, 0.3) is 6.47 Å². The van der Waals surface area contributed by atoms with Gasteiger partial charge in [0.1, 0.15) is 5.75 Å². The van der Waals surface area contributed by atoms with Crippen LogP contribution in [0.15, 0.2) is 60.2 Å². The number of nitrogens with one attached hydrogen (secondary N) is 1. The number of rotatable bonds is 12. The SMILES string of the molecule is CC1(C)C(c2ccc(OC=O)cc2)=CC[C@]2(C)CN(c3cc(NC(=O)CCN4CCS(=O)(=O)CC4)cc(-c4nnn(CCN5CCS(=O)(=O)CC5)n4)c3)CC=C12. The number of hydrogen-bond donors (Lipinski definition) is 1. The lowest BCUT2D eigenvalue weighted by Crippen LogP contribution is -2.47. The fourth-order valence-electron chi connectivity index (χ4n) is 8.48. The Kier molecular flexibility index (Phi) is 11.2. The molecule has 15 nitrogen and oxygen atoms in total. The maximum Gasteiger partial charge on any atom is 0.298 e. The van der Waals surface area contributed by atoms with E-state index in [9.17, 15) is 26.4 Å². The highest BCUT2D eigenvalue weighted by Crippen LogP contribution is 2.55. The zero-order valence-electron chi connectivity index (χ0n) is 32.2. The highest BCUT2D eigenvalue weighted by Gasteiger charge is 2.46. The number of carbonyl (C=O) groups excluding carboxylic acids is 2. The van der Waals surface area contributed by atoms with Crippen molar-refractivity contribution in [2.45, 2.75) is 40.2 Å². The summed E-state index contributed by atoms with van der Waals surface area (Å²) in [5.41, 5.74) is 5.44. The van der Waals surface area contributed by atoms with Crippen molar-refractivity contribution in [1.29, 1.82) is 0 Å². The molecule has 300 valence electrons. The van der Waals surface area contributed by atoms with Crippen LogP contribution < -0.4 is 15.0 Å². The van der Waals surface area contributed by atoms with Crippen LogP contribution >= 0.6 is 0 Å². The van der Waals surface area contributed by atoms with Gasteiger partial charge in [-0.3, -0.25) is 14.5 Å². The Hall–Kier alpha value is -4.45. The van der Waals surface area contributed by atoms with E-state index >= 15 is 0 Å². The lowest BCUT2D eigenvalue weighted by molar-refractivity contribution is -0.120.